The maximum Gasteiger partial charge on any atom is 0.272 e. The fraction of sp³-hybridized carbons (Fsp3) is 0.524. The van der Waals surface area contributed by atoms with Gasteiger partial charge in [-0.2, -0.15) is 5.10 Å². The van der Waals surface area contributed by atoms with Crippen LogP contribution >= 0.6 is 11.6 Å². The standard InChI is InChI=1S/C21H24ClN3O/c22-15-8-10-17(11-9-15)25-20-14-7-6-13(12-14)18(20)19(24-25)21(26)23-16-4-2-1-3-5-16/h8-11,13-14,16H,1-7,12H2,(H,23,26). The van der Waals surface area contributed by atoms with Gasteiger partial charge in [0.25, 0.3) is 5.91 Å². The molecule has 0 aliphatic heterocycles. The number of halogens is 1. The average Bonchev–Trinajstić information content (AvgIpc) is 3.36. The van der Waals surface area contributed by atoms with Crippen molar-refractivity contribution in [1.29, 1.82) is 0 Å². The summed E-state index contributed by atoms with van der Waals surface area (Å²) in [5.41, 5.74) is 4.13. The lowest BCUT2D eigenvalue weighted by atomic mass is 9.93. The van der Waals surface area contributed by atoms with Crippen molar-refractivity contribution in [3.05, 3.63) is 46.2 Å². The number of amides is 1. The van der Waals surface area contributed by atoms with Crippen molar-refractivity contribution in [2.45, 2.75) is 69.2 Å². The van der Waals surface area contributed by atoms with Crippen LogP contribution in [0.5, 0.6) is 0 Å². The fourth-order valence-electron chi connectivity index (χ4n) is 5.18. The van der Waals surface area contributed by atoms with E-state index in [1.54, 1.807) is 0 Å². The van der Waals surface area contributed by atoms with Gasteiger partial charge in [0.1, 0.15) is 0 Å². The molecule has 136 valence electrons. The minimum Gasteiger partial charge on any atom is -0.348 e. The van der Waals surface area contributed by atoms with Crippen molar-refractivity contribution < 1.29 is 4.79 Å². The molecule has 1 aromatic carbocycles. The Bertz CT molecular complexity index is 836. The van der Waals surface area contributed by atoms with Crippen molar-refractivity contribution in [1.82, 2.24) is 15.1 Å². The number of fused-ring (bicyclic) bond motifs is 5. The van der Waals surface area contributed by atoms with Gasteiger partial charge in [0.2, 0.25) is 0 Å². The molecule has 0 saturated heterocycles. The quantitative estimate of drug-likeness (QED) is 0.831. The van der Waals surface area contributed by atoms with Crippen LogP contribution in [0.15, 0.2) is 24.3 Å². The van der Waals surface area contributed by atoms with E-state index in [0.29, 0.717) is 28.6 Å². The van der Waals surface area contributed by atoms with Crippen LogP contribution in [-0.4, -0.2) is 21.7 Å². The Kier molecular flexibility index (Phi) is 4.04. The molecule has 2 aromatic rings. The van der Waals surface area contributed by atoms with Gasteiger partial charge in [-0.05, 0) is 62.3 Å². The molecule has 5 rings (SSSR count). The second kappa shape index (κ2) is 6.41. The summed E-state index contributed by atoms with van der Waals surface area (Å²) in [5, 5.41) is 8.78. The molecule has 0 radical (unpaired) electrons. The van der Waals surface area contributed by atoms with Crippen LogP contribution in [0, 0.1) is 0 Å². The summed E-state index contributed by atoms with van der Waals surface area (Å²) < 4.78 is 2.01. The molecule has 1 aromatic heterocycles. The van der Waals surface area contributed by atoms with Crippen LogP contribution in [0.1, 0.15) is 84.9 Å². The van der Waals surface area contributed by atoms with Gasteiger partial charge < -0.3 is 5.32 Å². The predicted octanol–water partition coefficient (Wildman–Crippen LogP) is 4.95. The molecule has 2 bridgehead atoms. The van der Waals surface area contributed by atoms with Crippen molar-refractivity contribution in [3.8, 4) is 5.69 Å². The maximum absolute atomic E-state index is 13.0. The molecule has 3 aliphatic carbocycles. The Morgan fingerprint density at radius 2 is 1.77 bits per heavy atom. The zero-order chi connectivity index (χ0) is 17.7. The van der Waals surface area contributed by atoms with E-state index in [2.05, 4.69) is 5.32 Å². The molecule has 1 N–H and O–H groups in total. The molecule has 4 nitrogen and oxygen atoms in total. The average molecular weight is 370 g/mol. The second-order valence-electron chi connectivity index (χ2n) is 8.05. The highest BCUT2D eigenvalue weighted by atomic mass is 35.5. The fourth-order valence-corrected chi connectivity index (χ4v) is 5.30. The van der Waals surface area contributed by atoms with Crippen molar-refractivity contribution in [2.24, 2.45) is 0 Å². The van der Waals surface area contributed by atoms with E-state index in [1.165, 1.54) is 49.8 Å². The first-order valence-electron chi connectivity index (χ1n) is 9.90. The third-order valence-electron chi connectivity index (χ3n) is 6.41. The second-order valence-corrected chi connectivity index (χ2v) is 8.49. The Labute approximate surface area is 158 Å². The van der Waals surface area contributed by atoms with E-state index in [-0.39, 0.29) is 5.91 Å². The summed E-state index contributed by atoms with van der Waals surface area (Å²) in [5.74, 6) is 1.06. The Morgan fingerprint density at radius 3 is 2.54 bits per heavy atom. The number of carbonyl (C=O) groups is 1. The number of carbonyl (C=O) groups excluding carboxylic acids is 1. The minimum absolute atomic E-state index is 0.0217. The normalized spacial score (nSPS) is 24.7. The summed E-state index contributed by atoms with van der Waals surface area (Å²) in [4.78, 5) is 13.0. The predicted molar refractivity (Wildman–Crippen MR) is 102 cm³/mol. The summed E-state index contributed by atoms with van der Waals surface area (Å²) in [6.45, 7) is 0. The third kappa shape index (κ3) is 2.66. The molecular formula is C21H24ClN3O. The van der Waals surface area contributed by atoms with Gasteiger partial charge in [-0.1, -0.05) is 30.9 Å². The molecule has 1 amide bonds. The van der Waals surface area contributed by atoms with E-state index in [9.17, 15) is 4.79 Å². The molecule has 26 heavy (non-hydrogen) atoms. The van der Waals surface area contributed by atoms with Crippen molar-refractivity contribution in [2.75, 3.05) is 0 Å². The number of hydrogen-bond acceptors (Lipinski definition) is 2. The van der Waals surface area contributed by atoms with Crippen molar-refractivity contribution >= 4 is 17.5 Å². The SMILES string of the molecule is O=C(NC1CCCCC1)c1nn(-c2ccc(Cl)cc2)c2c1C1CCC2C1. The summed E-state index contributed by atoms with van der Waals surface area (Å²) in [7, 11) is 0. The first kappa shape index (κ1) is 16.4. The molecule has 2 unspecified atom stereocenters. The first-order valence-corrected chi connectivity index (χ1v) is 10.3. The number of hydrogen-bond donors (Lipinski definition) is 1. The van der Waals surface area contributed by atoms with Gasteiger partial charge in [0, 0.05) is 22.5 Å². The smallest absolute Gasteiger partial charge is 0.272 e. The van der Waals surface area contributed by atoms with Crippen LogP contribution < -0.4 is 5.32 Å². The monoisotopic (exact) mass is 369 g/mol. The van der Waals surface area contributed by atoms with Gasteiger partial charge in [-0.15, -0.1) is 0 Å². The van der Waals surface area contributed by atoms with Gasteiger partial charge >= 0.3 is 0 Å². The molecule has 0 spiro atoms. The van der Waals surface area contributed by atoms with Gasteiger partial charge in [-0.25, -0.2) is 4.68 Å². The van der Waals surface area contributed by atoms with E-state index >= 15 is 0 Å². The van der Waals surface area contributed by atoms with Crippen molar-refractivity contribution in [3.63, 3.8) is 0 Å². The van der Waals surface area contributed by atoms with E-state index in [4.69, 9.17) is 16.7 Å². The lowest BCUT2D eigenvalue weighted by Gasteiger charge is -2.22. The number of nitrogens with zero attached hydrogens (tertiary/aromatic N) is 2. The van der Waals surface area contributed by atoms with Gasteiger partial charge in [0.15, 0.2) is 5.69 Å². The van der Waals surface area contributed by atoms with Gasteiger partial charge in [-0.3, -0.25) is 4.79 Å². The molecule has 5 heteroatoms. The van der Waals surface area contributed by atoms with E-state index in [1.807, 2.05) is 28.9 Å². The zero-order valence-electron chi connectivity index (χ0n) is 14.9. The Hall–Kier alpha value is -1.81. The van der Waals surface area contributed by atoms with Crippen LogP contribution in [-0.2, 0) is 0 Å². The third-order valence-corrected chi connectivity index (χ3v) is 6.67. The van der Waals surface area contributed by atoms with E-state index in [0.717, 1.165) is 18.5 Å². The van der Waals surface area contributed by atoms with Crippen LogP contribution in [0.3, 0.4) is 0 Å². The molecule has 3 aliphatic rings. The largest absolute Gasteiger partial charge is 0.348 e. The highest BCUT2D eigenvalue weighted by Crippen LogP contribution is 2.54. The lowest BCUT2D eigenvalue weighted by molar-refractivity contribution is 0.0921. The highest BCUT2D eigenvalue weighted by molar-refractivity contribution is 6.30. The number of aromatic nitrogens is 2. The Balaban J connectivity index is 1.52. The van der Waals surface area contributed by atoms with Crippen LogP contribution in [0.2, 0.25) is 5.02 Å². The molecule has 2 saturated carbocycles. The van der Waals surface area contributed by atoms with Crippen LogP contribution in [0.4, 0.5) is 0 Å². The molecule has 2 fully saturated rings. The minimum atomic E-state index is 0.0217. The number of benzene rings is 1. The Morgan fingerprint density at radius 1 is 1.04 bits per heavy atom. The summed E-state index contributed by atoms with van der Waals surface area (Å²) in [6, 6.07) is 8.07. The lowest BCUT2D eigenvalue weighted by Crippen LogP contribution is -2.36. The maximum atomic E-state index is 13.0. The number of nitrogens with one attached hydrogen (secondary N) is 1. The molecular weight excluding hydrogens is 346 g/mol. The topological polar surface area (TPSA) is 46.9 Å². The summed E-state index contributed by atoms with van der Waals surface area (Å²) >= 11 is 6.05. The zero-order valence-corrected chi connectivity index (χ0v) is 15.6. The summed E-state index contributed by atoms with van der Waals surface area (Å²) in [6.07, 6.45) is 9.48. The van der Waals surface area contributed by atoms with Crippen LogP contribution in [0.25, 0.3) is 5.69 Å². The molecule has 1 heterocycles. The van der Waals surface area contributed by atoms with Gasteiger partial charge in [0.05, 0.1) is 11.4 Å². The molecule has 2 atom stereocenters. The van der Waals surface area contributed by atoms with E-state index < -0.39 is 0 Å². The highest BCUT2D eigenvalue weighted by Gasteiger charge is 2.44. The number of rotatable bonds is 3. The first-order chi connectivity index (χ1) is 12.7.